The average Bonchev–Trinajstić information content (AvgIpc) is 2.82. The number of aromatic amines is 1. The summed E-state index contributed by atoms with van der Waals surface area (Å²) in [5.74, 6) is 0.317. The Hall–Kier alpha value is -2.24. The lowest BCUT2D eigenvalue weighted by molar-refractivity contribution is 0.0938. The van der Waals surface area contributed by atoms with Crippen LogP contribution in [0.1, 0.15) is 34.7 Å². The molecule has 0 saturated carbocycles. The van der Waals surface area contributed by atoms with Crippen LogP contribution >= 0.6 is 0 Å². The van der Waals surface area contributed by atoms with E-state index in [4.69, 9.17) is 0 Å². The number of aryl methyl sites for hydroxylation is 1. The third-order valence-corrected chi connectivity index (χ3v) is 2.38. The van der Waals surface area contributed by atoms with Gasteiger partial charge in [0.1, 0.15) is 0 Å². The fraction of sp³-hybridized carbons (Fsp3) is 0.273. The minimum absolute atomic E-state index is 0.147. The summed E-state index contributed by atoms with van der Waals surface area (Å²) >= 11 is 0. The number of hydrogen-bond donors (Lipinski definition) is 2. The van der Waals surface area contributed by atoms with Gasteiger partial charge in [-0.15, -0.1) is 10.2 Å². The third-order valence-electron chi connectivity index (χ3n) is 2.38. The quantitative estimate of drug-likeness (QED) is 0.825. The minimum Gasteiger partial charge on any atom is -0.342 e. The van der Waals surface area contributed by atoms with E-state index in [1.165, 1.54) is 0 Å². The van der Waals surface area contributed by atoms with Crippen molar-refractivity contribution in [3.8, 4) is 0 Å². The zero-order valence-corrected chi connectivity index (χ0v) is 9.64. The first-order chi connectivity index (χ1) is 8.16. The highest BCUT2D eigenvalue weighted by Gasteiger charge is 2.14. The van der Waals surface area contributed by atoms with Crippen LogP contribution in [0.2, 0.25) is 0 Å². The zero-order chi connectivity index (χ0) is 12.3. The Morgan fingerprint density at radius 3 is 2.94 bits per heavy atom. The first-order valence-electron chi connectivity index (χ1n) is 5.27. The third kappa shape index (κ3) is 2.66. The summed E-state index contributed by atoms with van der Waals surface area (Å²) in [6, 6.07) is 7.12. The van der Waals surface area contributed by atoms with E-state index in [0.29, 0.717) is 11.4 Å². The number of aromatic nitrogens is 4. The Bertz CT molecular complexity index is 508. The number of tetrazole rings is 1. The summed E-state index contributed by atoms with van der Waals surface area (Å²) in [6.07, 6.45) is 0. The van der Waals surface area contributed by atoms with Crippen LogP contribution in [0.3, 0.4) is 0 Å². The monoisotopic (exact) mass is 231 g/mol. The SMILES string of the molecule is Cc1cccc(C(=O)NC(C)c2nn[nH]n2)c1. The second-order valence-electron chi connectivity index (χ2n) is 3.83. The molecule has 6 heteroatoms. The lowest BCUT2D eigenvalue weighted by Crippen LogP contribution is -2.27. The summed E-state index contributed by atoms with van der Waals surface area (Å²) in [4.78, 5) is 11.9. The molecule has 88 valence electrons. The molecule has 1 heterocycles. The van der Waals surface area contributed by atoms with Gasteiger partial charge in [0.2, 0.25) is 0 Å². The molecule has 0 saturated heterocycles. The molecule has 0 fully saturated rings. The standard InChI is InChI=1S/C11H13N5O/c1-7-4-3-5-9(6-7)11(17)12-8(2)10-13-15-16-14-10/h3-6,8H,1-2H3,(H,12,17)(H,13,14,15,16). The highest BCUT2D eigenvalue weighted by Crippen LogP contribution is 2.08. The van der Waals surface area contributed by atoms with Gasteiger partial charge in [0.15, 0.2) is 5.82 Å². The number of nitrogens with one attached hydrogen (secondary N) is 2. The summed E-state index contributed by atoms with van der Waals surface area (Å²) in [5.41, 5.74) is 1.67. The fourth-order valence-electron chi connectivity index (χ4n) is 1.48. The maximum Gasteiger partial charge on any atom is 0.251 e. The zero-order valence-electron chi connectivity index (χ0n) is 9.64. The minimum atomic E-state index is -0.276. The second-order valence-corrected chi connectivity index (χ2v) is 3.83. The lowest BCUT2D eigenvalue weighted by Gasteiger charge is -2.10. The van der Waals surface area contributed by atoms with Gasteiger partial charge in [0.25, 0.3) is 5.91 Å². The van der Waals surface area contributed by atoms with Crippen molar-refractivity contribution in [1.29, 1.82) is 0 Å². The van der Waals surface area contributed by atoms with Crippen LogP contribution < -0.4 is 5.32 Å². The molecule has 0 aliphatic heterocycles. The molecule has 1 unspecified atom stereocenters. The number of nitrogens with zero attached hydrogens (tertiary/aromatic N) is 3. The molecule has 2 rings (SSSR count). The van der Waals surface area contributed by atoms with Crippen molar-refractivity contribution in [2.75, 3.05) is 0 Å². The van der Waals surface area contributed by atoms with E-state index in [0.717, 1.165) is 5.56 Å². The van der Waals surface area contributed by atoms with Crippen molar-refractivity contribution in [2.24, 2.45) is 0 Å². The highest BCUT2D eigenvalue weighted by molar-refractivity contribution is 5.94. The van der Waals surface area contributed by atoms with Crippen LogP contribution in [-0.4, -0.2) is 26.5 Å². The van der Waals surface area contributed by atoms with Gasteiger partial charge in [-0.1, -0.05) is 22.9 Å². The van der Waals surface area contributed by atoms with Crippen LogP contribution in [0, 0.1) is 6.92 Å². The number of rotatable bonds is 3. The molecule has 0 radical (unpaired) electrons. The van der Waals surface area contributed by atoms with Crippen molar-refractivity contribution < 1.29 is 4.79 Å². The Kier molecular flexibility index (Phi) is 3.13. The molecule has 1 aromatic heterocycles. The molecule has 17 heavy (non-hydrogen) atoms. The maximum atomic E-state index is 11.9. The lowest BCUT2D eigenvalue weighted by atomic mass is 10.1. The van der Waals surface area contributed by atoms with Crippen LogP contribution in [-0.2, 0) is 0 Å². The van der Waals surface area contributed by atoms with Crippen molar-refractivity contribution in [3.63, 3.8) is 0 Å². The predicted molar refractivity (Wildman–Crippen MR) is 61.2 cm³/mol. The molecule has 1 amide bonds. The van der Waals surface area contributed by atoms with E-state index < -0.39 is 0 Å². The van der Waals surface area contributed by atoms with Gasteiger partial charge in [-0.2, -0.15) is 5.21 Å². The summed E-state index contributed by atoms with van der Waals surface area (Å²) in [5, 5.41) is 16.2. The van der Waals surface area contributed by atoms with E-state index in [1.54, 1.807) is 13.0 Å². The van der Waals surface area contributed by atoms with Crippen molar-refractivity contribution >= 4 is 5.91 Å². The van der Waals surface area contributed by atoms with Crippen LogP contribution in [0.4, 0.5) is 0 Å². The Labute approximate surface area is 98.4 Å². The Morgan fingerprint density at radius 1 is 1.47 bits per heavy atom. The molecule has 0 spiro atoms. The highest BCUT2D eigenvalue weighted by atomic mass is 16.1. The van der Waals surface area contributed by atoms with Crippen molar-refractivity contribution in [1.82, 2.24) is 25.9 Å². The van der Waals surface area contributed by atoms with Crippen LogP contribution in [0.5, 0.6) is 0 Å². The number of benzene rings is 1. The summed E-state index contributed by atoms with van der Waals surface area (Å²) < 4.78 is 0. The number of hydrogen-bond acceptors (Lipinski definition) is 4. The largest absolute Gasteiger partial charge is 0.342 e. The van der Waals surface area contributed by atoms with E-state index in [2.05, 4.69) is 25.9 Å². The van der Waals surface area contributed by atoms with E-state index in [9.17, 15) is 4.79 Å². The van der Waals surface area contributed by atoms with Gasteiger partial charge >= 0.3 is 0 Å². The number of carbonyl (C=O) groups is 1. The first-order valence-corrected chi connectivity index (χ1v) is 5.27. The number of amides is 1. The number of carbonyl (C=O) groups excluding carboxylic acids is 1. The fourth-order valence-corrected chi connectivity index (χ4v) is 1.48. The van der Waals surface area contributed by atoms with Crippen molar-refractivity contribution in [2.45, 2.75) is 19.9 Å². The van der Waals surface area contributed by atoms with Gasteiger partial charge in [-0.25, -0.2) is 0 Å². The molecule has 0 bridgehead atoms. The van der Waals surface area contributed by atoms with Crippen LogP contribution in [0.25, 0.3) is 0 Å². The van der Waals surface area contributed by atoms with Gasteiger partial charge in [0.05, 0.1) is 6.04 Å². The second kappa shape index (κ2) is 4.73. The van der Waals surface area contributed by atoms with E-state index in [1.807, 2.05) is 25.1 Å². The maximum absolute atomic E-state index is 11.9. The predicted octanol–water partition coefficient (Wildman–Crippen LogP) is 0.999. The average molecular weight is 231 g/mol. The van der Waals surface area contributed by atoms with Gasteiger partial charge in [-0.05, 0) is 26.0 Å². The molecule has 1 aromatic carbocycles. The molecule has 2 N–H and O–H groups in total. The van der Waals surface area contributed by atoms with E-state index >= 15 is 0 Å². The summed E-state index contributed by atoms with van der Waals surface area (Å²) in [6.45, 7) is 3.75. The van der Waals surface area contributed by atoms with E-state index in [-0.39, 0.29) is 11.9 Å². The van der Waals surface area contributed by atoms with Gasteiger partial charge < -0.3 is 5.32 Å². The Balaban J connectivity index is 2.07. The van der Waals surface area contributed by atoms with Crippen molar-refractivity contribution in [3.05, 3.63) is 41.2 Å². The van der Waals surface area contributed by atoms with Gasteiger partial charge in [0, 0.05) is 5.56 Å². The molecule has 6 nitrogen and oxygen atoms in total. The molecular formula is C11H13N5O. The molecule has 0 aliphatic rings. The summed E-state index contributed by atoms with van der Waals surface area (Å²) in [7, 11) is 0. The smallest absolute Gasteiger partial charge is 0.251 e. The first kappa shape index (κ1) is 11.3. The Morgan fingerprint density at radius 2 is 2.29 bits per heavy atom. The number of H-pyrrole nitrogens is 1. The normalized spacial score (nSPS) is 12.1. The van der Waals surface area contributed by atoms with Crippen LogP contribution in [0.15, 0.2) is 24.3 Å². The molecule has 1 atom stereocenters. The van der Waals surface area contributed by atoms with Gasteiger partial charge in [-0.3, -0.25) is 4.79 Å². The molecule has 0 aliphatic carbocycles. The molecule has 2 aromatic rings. The topological polar surface area (TPSA) is 83.6 Å². The molecular weight excluding hydrogens is 218 g/mol.